The lowest BCUT2D eigenvalue weighted by molar-refractivity contribution is 0.100. The number of amides is 1. The first-order valence-corrected chi connectivity index (χ1v) is 9.01. The van der Waals surface area contributed by atoms with E-state index in [-0.39, 0.29) is 0 Å². The molecule has 6 heteroatoms. The van der Waals surface area contributed by atoms with Crippen molar-refractivity contribution in [1.82, 2.24) is 14.6 Å². The third-order valence-electron chi connectivity index (χ3n) is 4.86. The van der Waals surface area contributed by atoms with Gasteiger partial charge in [-0.25, -0.2) is 0 Å². The molecule has 2 aromatic carbocycles. The van der Waals surface area contributed by atoms with E-state index in [0.717, 1.165) is 46.6 Å². The van der Waals surface area contributed by atoms with Crippen molar-refractivity contribution in [2.24, 2.45) is 5.73 Å². The van der Waals surface area contributed by atoms with Crippen LogP contribution in [-0.2, 0) is 12.8 Å². The molecule has 0 aliphatic carbocycles. The minimum atomic E-state index is -0.439. The van der Waals surface area contributed by atoms with Crippen LogP contribution < -0.4 is 10.5 Å². The summed E-state index contributed by atoms with van der Waals surface area (Å²) in [6.45, 7) is 0. The van der Waals surface area contributed by atoms with Crippen LogP contribution in [0.15, 0.2) is 67.0 Å². The third-order valence-corrected chi connectivity index (χ3v) is 4.86. The summed E-state index contributed by atoms with van der Waals surface area (Å²) in [4.78, 5) is 11.3. The van der Waals surface area contributed by atoms with E-state index in [1.807, 2.05) is 40.8 Å². The molecule has 6 nitrogen and oxygen atoms in total. The highest BCUT2D eigenvalue weighted by Crippen LogP contribution is 2.26. The van der Waals surface area contributed by atoms with Crippen molar-refractivity contribution in [2.45, 2.75) is 12.8 Å². The fraction of sp³-hybridized carbons (Fsp3) is 0.136. The molecule has 4 aromatic rings. The Hall–Kier alpha value is -3.67. The number of pyridine rings is 1. The highest BCUT2D eigenvalue weighted by atomic mass is 16.5. The fourth-order valence-electron chi connectivity index (χ4n) is 3.38. The molecule has 0 aliphatic heterocycles. The number of hydrogen-bond acceptors (Lipinski definition) is 4. The van der Waals surface area contributed by atoms with E-state index >= 15 is 0 Å². The fourth-order valence-corrected chi connectivity index (χ4v) is 3.38. The molecule has 0 radical (unpaired) electrons. The number of aromatic nitrogens is 3. The van der Waals surface area contributed by atoms with Crippen LogP contribution in [0.3, 0.4) is 0 Å². The molecular formula is C22H20N4O2. The zero-order valence-corrected chi connectivity index (χ0v) is 15.5. The highest BCUT2D eigenvalue weighted by Gasteiger charge is 2.11. The van der Waals surface area contributed by atoms with Crippen molar-refractivity contribution >= 4 is 11.6 Å². The van der Waals surface area contributed by atoms with E-state index in [9.17, 15) is 4.79 Å². The van der Waals surface area contributed by atoms with Gasteiger partial charge in [0.1, 0.15) is 12.1 Å². The van der Waals surface area contributed by atoms with Gasteiger partial charge in [0.15, 0.2) is 5.65 Å². The average Bonchev–Trinajstić information content (AvgIpc) is 3.22. The van der Waals surface area contributed by atoms with Gasteiger partial charge in [0, 0.05) is 16.8 Å². The van der Waals surface area contributed by atoms with Crippen molar-refractivity contribution in [3.63, 3.8) is 0 Å². The standard InChI is InChI=1S/C22H20N4O2/c1-28-20-5-3-2-4-16(20)10-11-18-12-13-19(22-25-24-14-26(18)22)15-6-8-17(9-7-15)21(23)27/h2-9,12-14H,10-11H2,1H3,(H2,23,27). The van der Waals surface area contributed by atoms with Gasteiger partial charge >= 0.3 is 0 Å². The van der Waals surface area contributed by atoms with Crippen LogP contribution in [0.5, 0.6) is 5.75 Å². The second kappa shape index (κ2) is 7.52. The minimum Gasteiger partial charge on any atom is -0.496 e. The number of aryl methyl sites for hydroxylation is 2. The lowest BCUT2D eigenvalue weighted by atomic mass is 10.0. The van der Waals surface area contributed by atoms with E-state index in [4.69, 9.17) is 10.5 Å². The van der Waals surface area contributed by atoms with Gasteiger partial charge in [-0.05, 0) is 54.3 Å². The van der Waals surface area contributed by atoms with Crippen molar-refractivity contribution in [2.75, 3.05) is 7.11 Å². The lowest BCUT2D eigenvalue weighted by Gasteiger charge is -2.11. The van der Waals surface area contributed by atoms with E-state index in [1.165, 1.54) is 0 Å². The van der Waals surface area contributed by atoms with Gasteiger partial charge in [-0.2, -0.15) is 0 Å². The van der Waals surface area contributed by atoms with Gasteiger partial charge < -0.3 is 10.5 Å². The Balaban J connectivity index is 1.65. The van der Waals surface area contributed by atoms with Crippen LogP contribution >= 0.6 is 0 Å². The monoisotopic (exact) mass is 372 g/mol. The summed E-state index contributed by atoms with van der Waals surface area (Å²) in [6, 6.07) is 19.4. The molecule has 140 valence electrons. The number of carbonyl (C=O) groups excluding carboxylic acids is 1. The SMILES string of the molecule is COc1ccccc1CCc1ccc(-c2ccc(C(N)=O)cc2)c2nncn12. The Bertz CT molecular complexity index is 1130. The normalized spacial score (nSPS) is 10.9. The highest BCUT2D eigenvalue weighted by molar-refractivity contribution is 5.93. The number of primary amides is 1. The summed E-state index contributed by atoms with van der Waals surface area (Å²) in [5.41, 5.74) is 10.8. The minimum absolute atomic E-state index is 0.439. The van der Waals surface area contributed by atoms with Crippen LogP contribution in [-0.4, -0.2) is 27.6 Å². The van der Waals surface area contributed by atoms with Crippen molar-refractivity contribution in [3.8, 4) is 16.9 Å². The number of fused-ring (bicyclic) bond motifs is 1. The number of ether oxygens (including phenoxy) is 1. The second-order valence-corrected chi connectivity index (χ2v) is 6.52. The predicted octanol–water partition coefficient (Wildman–Crippen LogP) is 3.29. The lowest BCUT2D eigenvalue weighted by Crippen LogP contribution is -2.10. The van der Waals surface area contributed by atoms with Gasteiger partial charge in [-0.15, -0.1) is 10.2 Å². The molecule has 0 saturated carbocycles. The van der Waals surface area contributed by atoms with Gasteiger partial charge in [0.2, 0.25) is 5.91 Å². The molecule has 0 spiro atoms. The van der Waals surface area contributed by atoms with E-state index < -0.39 is 5.91 Å². The van der Waals surface area contributed by atoms with Crippen molar-refractivity contribution < 1.29 is 9.53 Å². The number of nitrogens with zero attached hydrogens (tertiary/aromatic N) is 3. The molecule has 0 fully saturated rings. The second-order valence-electron chi connectivity index (χ2n) is 6.52. The number of methoxy groups -OCH3 is 1. The first kappa shape index (κ1) is 17.7. The maximum atomic E-state index is 11.3. The topological polar surface area (TPSA) is 82.5 Å². The summed E-state index contributed by atoms with van der Waals surface area (Å²) < 4.78 is 7.45. The Morgan fingerprint density at radius 1 is 1.04 bits per heavy atom. The van der Waals surface area contributed by atoms with E-state index in [2.05, 4.69) is 22.3 Å². The molecule has 0 atom stereocenters. The molecule has 4 rings (SSSR count). The summed E-state index contributed by atoms with van der Waals surface area (Å²) in [6.07, 6.45) is 3.41. The predicted molar refractivity (Wildman–Crippen MR) is 107 cm³/mol. The number of hydrogen-bond donors (Lipinski definition) is 1. The first-order chi connectivity index (χ1) is 13.7. The third kappa shape index (κ3) is 3.32. The van der Waals surface area contributed by atoms with Crippen LogP contribution in [0.2, 0.25) is 0 Å². The van der Waals surface area contributed by atoms with Gasteiger partial charge in [0.05, 0.1) is 7.11 Å². The Morgan fingerprint density at radius 3 is 2.57 bits per heavy atom. The van der Waals surface area contributed by atoms with Crippen LogP contribution in [0.1, 0.15) is 21.6 Å². The Kier molecular flexibility index (Phi) is 4.76. The molecule has 2 aromatic heterocycles. The molecule has 0 unspecified atom stereocenters. The largest absolute Gasteiger partial charge is 0.496 e. The molecule has 0 bridgehead atoms. The van der Waals surface area contributed by atoms with Gasteiger partial charge in [-0.1, -0.05) is 30.3 Å². The smallest absolute Gasteiger partial charge is 0.248 e. The molecule has 2 N–H and O–H groups in total. The molecule has 28 heavy (non-hydrogen) atoms. The summed E-state index contributed by atoms with van der Waals surface area (Å²) in [5, 5.41) is 8.40. The molecular weight excluding hydrogens is 352 g/mol. The number of carbonyl (C=O) groups is 1. The number of nitrogens with two attached hydrogens (primary N) is 1. The van der Waals surface area contributed by atoms with Crippen molar-refractivity contribution in [1.29, 1.82) is 0 Å². The zero-order chi connectivity index (χ0) is 19.5. The van der Waals surface area contributed by atoms with Crippen LogP contribution in [0, 0.1) is 0 Å². The number of para-hydroxylation sites is 1. The Labute approximate surface area is 162 Å². The summed E-state index contributed by atoms with van der Waals surface area (Å²) in [5.74, 6) is 0.458. The van der Waals surface area contributed by atoms with Gasteiger partial charge in [-0.3, -0.25) is 9.20 Å². The molecule has 1 amide bonds. The maximum Gasteiger partial charge on any atom is 0.248 e. The summed E-state index contributed by atoms with van der Waals surface area (Å²) >= 11 is 0. The van der Waals surface area contributed by atoms with Crippen molar-refractivity contribution in [3.05, 3.63) is 83.8 Å². The molecule has 0 aliphatic rings. The molecule has 0 saturated heterocycles. The quantitative estimate of drug-likeness (QED) is 0.563. The first-order valence-electron chi connectivity index (χ1n) is 9.01. The van der Waals surface area contributed by atoms with Crippen LogP contribution in [0.25, 0.3) is 16.8 Å². The number of benzene rings is 2. The Morgan fingerprint density at radius 2 is 1.82 bits per heavy atom. The zero-order valence-electron chi connectivity index (χ0n) is 15.5. The van der Waals surface area contributed by atoms with Crippen LogP contribution in [0.4, 0.5) is 0 Å². The van der Waals surface area contributed by atoms with E-state index in [1.54, 1.807) is 25.6 Å². The maximum absolute atomic E-state index is 11.3. The average molecular weight is 372 g/mol. The number of rotatable bonds is 6. The molecule has 2 heterocycles. The van der Waals surface area contributed by atoms with E-state index in [0.29, 0.717) is 5.56 Å². The summed E-state index contributed by atoms with van der Waals surface area (Å²) in [7, 11) is 1.69. The van der Waals surface area contributed by atoms with Gasteiger partial charge in [0.25, 0.3) is 0 Å².